The molecule has 204 valence electrons. The zero-order valence-corrected chi connectivity index (χ0v) is 24.3. The third-order valence-electron chi connectivity index (χ3n) is 11.5. The molecular formula is C34H49ClO2. The molecule has 7 atom stereocenters. The van der Waals surface area contributed by atoms with Crippen molar-refractivity contribution in [3.05, 3.63) is 46.5 Å². The van der Waals surface area contributed by atoms with Crippen molar-refractivity contribution in [1.82, 2.24) is 0 Å². The topological polar surface area (TPSA) is 26.3 Å². The molecule has 5 rings (SSSR count). The molecule has 0 spiro atoms. The van der Waals surface area contributed by atoms with Crippen molar-refractivity contribution in [1.29, 1.82) is 0 Å². The number of fused-ring (bicyclic) bond motifs is 5. The quantitative estimate of drug-likeness (QED) is 0.182. The van der Waals surface area contributed by atoms with Gasteiger partial charge in [-0.05, 0) is 110 Å². The summed E-state index contributed by atoms with van der Waals surface area (Å²) in [5.74, 6) is 3.31. The second kappa shape index (κ2) is 11.4. The predicted octanol–water partition coefficient (Wildman–Crippen LogP) is 10.2. The first-order chi connectivity index (χ1) is 17.8. The average Bonchev–Trinajstić information content (AvgIpc) is 3.23. The fourth-order valence-corrected chi connectivity index (χ4v) is 9.41. The van der Waals surface area contributed by atoms with E-state index in [0.29, 0.717) is 21.4 Å². The number of halogens is 1. The first kappa shape index (κ1) is 27.3. The molecule has 0 heterocycles. The number of esters is 1. The number of carbonyl (C=O) groups is 1. The van der Waals surface area contributed by atoms with Crippen LogP contribution in [0.25, 0.3) is 0 Å². The zero-order chi connectivity index (χ0) is 26.0. The number of hydrogen-bond acceptors (Lipinski definition) is 2. The van der Waals surface area contributed by atoms with Crippen molar-refractivity contribution >= 4 is 17.6 Å². The predicted molar refractivity (Wildman–Crippen MR) is 154 cm³/mol. The molecule has 3 fully saturated rings. The van der Waals surface area contributed by atoms with Gasteiger partial charge in [0.1, 0.15) is 6.10 Å². The van der Waals surface area contributed by atoms with Gasteiger partial charge in [0, 0.05) is 11.4 Å². The summed E-state index contributed by atoms with van der Waals surface area (Å²) in [7, 11) is 0. The number of hydrogen-bond donors (Lipinski definition) is 0. The Morgan fingerprint density at radius 2 is 1.70 bits per heavy atom. The molecule has 1 aromatic rings. The minimum absolute atomic E-state index is 0.00102. The molecule has 1 aromatic carbocycles. The van der Waals surface area contributed by atoms with E-state index in [0.717, 1.165) is 42.9 Å². The molecule has 3 saturated carbocycles. The molecule has 37 heavy (non-hydrogen) atoms. The van der Waals surface area contributed by atoms with E-state index in [1.807, 2.05) is 0 Å². The van der Waals surface area contributed by atoms with E-state index in [9.17, 15) is 4.79 Å². The van der Waals surface area contributed by atoms with Crippen molar-refractivity contribution in [3.63, 3.8) is 0 Å². The molecule has 0 bridgehead atoms. The number of allylic oxidation sites excluding steroid dienone is 1. The maximum absolute atomic E-state index is 12.7. The van der Waals surface area contributed by atoms with Crippen LogP contribution >= 0.6 is 11.6 Å². The van der Waals surface area contributed by atoms with Crippen LogP contribution in [0.15, 0.2) is 35.9 Å². The summed E-state index contributed by atoms with van der Waals surface area (Å²) in [5, 5.41) is 0.645. The van der Waals surface area contributed by atoms with Gasteiger partial charge in [-0.25, -0.2) is 4.79 Å². The van der Waals surface area contributed by atoms with E-state index in [1.54, 1.807) is 29.8 Å². The summed E-state index contributed by atoms with van der Waals surface area (Å²) in [6.07, 6.45) is 22.6. The number of benzene rings is 1. The fourth-order valence-electron chi connectivity index (χ4n) is 9.29. The Bertz CT molecular complexity index is 967. The molecule has 0 N–H and O–H groups in total. The number of carbonyl (C=O) groups excluding carboxylic acids is 1. The lowest BCUT2D eigenvalue weighted by molar-refractivity contribution is -0.0536. The Kier molecular flexibility index (Phi) is 8.45. The van der Waals surface area contributed by atoms with Gasteiger partial charge in [-0.3, -0.25) is 0 Å². The van der Waals surface area contributed by atoms with E-state index in [1.165, 1.54) is 77.0 Å². The van der Waals surface area contributed by atoms with Crippen molar-refractivity contribution in [3.8, 4) is 0 Å². The summed E-state index contributed by atoms with van der Waals surface area (Å²) in [5.41, 5.74) is 3.04. The van der Waals surface area contributed by atoms with E-state index in [-0.39, 0.29) is 12.1 Å². The van der Waals surface area contributed by atoms with Gasteiger partial charge in [0.15, 0.2) is 0 Å². The molecule has 0 aliphatic heterocycles. The monoisotopic (exact) mass is 524 g/mol. The minimum Gasteiger partial charge on any atom is -0.458 e. The maximum atomic E-state index is 12.7. The lowest BCUT2D eigenvalue weighted by Crippen LogP contribution is -2.50. The maximum Gasteiger partial charge on any atom is 0.338 e. The SMILES string of the molecule is CCCCCCCC[C@H]1CC[C@H]2[C@@H]3CC=C4C[C@@H](OC(=O)c5ccc(Cl)cc5)CC[C@]4(C)[C@H]3CC[C@]12C. The van der Waals surface area contributed by atoms with Crippen LogP contribution in [0.1, 0.15) is 127 Å². The van der Waals surface area contributed by atoms with Crippen LogP contribution in [0.2, 0.25) is 5.02 Å². The van der Waals surface area contributed by atoms with Crippen molar-refractivity contribution in [2.75, 3.05) is 0 Å². The molecule has 0 amide bonds. The molecule has 2 nitrogen and oxygen atoms in total. The largest absolute Gasteiger partial charge is 0.458 e. The van der Waals surface area contributed by atoms with Crippen molar-refractivity contribution in [2.24, 2.45) is 34.5 Å². The minimum atomic E-state index is -0.213. The summed E-state index contributed by atoms with van der Waals surface area (Å²) in [6.45, 7) is 7.54. The Labute approximate surface area is 231 Å². The Morgan fingerprint density at radius 3 is 2.49 bits per heavy atom. The van der Waals surface area contributed by atoms with Gasteiger partial charge in [0.2, 0.25) is 0 Å². The standard InChI is InChI=1S/C34H49ClO2/c1-4-5-6-7-8-9-10-25-14-18-30-29-17-13-26-23-28(37-32(36)24-11-15-27(35)16-12-24)19-21-34(26,3)31(29)20-22-33(25,30)2/h11-13,15-16,25,28-31H,4-10,14,17-23H2,1-3H3/t25-,28-,29-,30-,31-,33+,34-/m0/s1. The highest BCUT2D eigenvalue weighted by atomic mass is 35.5. The summed E-state index contributed by atoms with van der Waals surface area (Å²) >= 11 is 5.99. The van der Waals surface area contributed by atoms with Gasteiger partial charge in [-0.15, -0.1) is 0 Å². The fraction of sp³-hybridized carbons (Fsp3) is 0.735. The highest BCUT2D eigenvalue weighted by Gasteiger charge is 2.58. The molecular weight excluding hydrogens is 476 g/mol. The van der Waals surface area contributed by atoms with Crippen LogP contribution in [0, 0.1) is 34.5 Å². The van der Waals surface area contributed by atoms with Crippen LogP contribution < -0.4 is 0 Å². The zero-order valence-electron chi connectivity index (χ0n) is 23.6. The molecule has 0 unspecified atom stereocenters. The first-order valence-corrected chi connectivity index (χ1v) is 15.9. The highest BCUT2D eigenvalue weighted by molar-refractivity contribution is 6.30. The molecule has 0 radical (unpaired) electrons. The average molecular weight is 525 g/mol. The van der Waals surface area contributed by atoms with Gasteiger partial charge in [0.05, 0.1) is 5.56 Å². The third kappa shape index (κ3) is 5.43. The Morgan fingerprint density at radius 1 is 0.946 bits per heavy atom. The highest BCUT2D eigenvalue weighted by Crippen LogP contribution is 2.66. The second-order valence-electron chi connectivity index (χ2n) is 13.4. The molecule has 0 saturated heterocycles. The summed E-state index contributed by atoms with van der Waals surface area (Å²) in [6, 6.07) is 7.06. The van der Waals surface area contributed by atoms with Crippen LogP contribution in [0.4, 0.5) is 0 Å². The second-order valence-corrected chi connectivity index (χ2v) is 13.8. The Hall–Kier alpha value is -1.28. The number of unbranched alkanes of at least 4 members (excludes halogenated alkanes) is 5. The van der Waals surface area contributed by atoms with Gasteiger partial charge < -0.3 is 4.74 Å². The normalized spacial score (nSPS) is 36.8. The van der Waals surface area contributed by atoms with E-state index >= 15 is 0 Å². The van der Waals surface area contributed by atoms with Gasteiger partial charge >= 0.3 is 5.97 Å². The molecule has 0 aromatic heterocycles. The Balaban J connectivity index is 1.20. The summed E-state index contributed by atoms with van der Waals surface area (Å²) in [4.78, 5) is 12.7. The molecule has 4 aliphatic rings. The van der Waals surface area contributed by atoms with Crippen LogP contribution in [-0.4, -0.2) is 12.1 Å². The molecule has 3 heteroatoms. The van der Waals surface area contributed by atoms with E-state index < -0.39 is 0 Å². The lowest BCUT2D eigenvalue weighted by Gasteiger charge is -2.58. The van der Waals surface area contributed by atoms with E-state index in [2.05, 4.69) is 26.8 Å². The number of ether oxygens (including phenoxy) is 1. The van der Waals surface area contributed by atoms with E-state index in [4.69, 9.17) is 16.3 Å². The number of rotatable bonds is 9. The van der Waals surface area contributed by atoms with Crippen LogP contribution in [-0.2, 0) is 4.74 Å². The smallest absolute Gasteiger partial charge is 0.338 e. The van der Waals surface area contributed by atoms with Gasteiger partial charge in [0.25, 0.3) is 0 Å². The molecule has 4 aliphatic carbocycles. The first-order valence-electron chi connectivity index (χ1n) is 15.5. The summed E-state index contributed by atoms with van der Waals surface area (Å²) < 4.78 is 5.99. The van der Waals surface area contributed by atoms with Crippen molar-refractivity contribution < 1.29 is 9.53 Å². The van der Waals surface area contributed by atoms with Crippen molar-refractivity contribution in [2.45, 2.75) is 123 Å². The van der Waals surface area contributed by atoms with Crippen LogP contribution in [0.3, 0.4) is 0 Å². The van der Waals surface area contributed by atoms with Gasteiger partial charge in [-0.2, -0.15) is 0 Å². The van der Waals surface area contributed by atoms with Gasteiger partial charge in [-0.1, -0.05) is 82.5 Å². The van der Waals surface area contributed by atoms with Crippen LogP contribution in [0.5, 0.6) is 0 Å². The third-order valence-corrected chi connectivity index (χ3v) is 11.8. The lowest BCUT2D eigenvalue weighted by atomic mass is 9.47.